The van der Waals surface area contributed by atoms with E-state index in [0.717, 1.165) is 30.8 Å². The fourth-order valence-electron chi connectivity index (χ4n) is 3.76. The summed E-state index contributed by atoms with van der Waals surface area (Å²) >= 11 is 1.89. The van der Waals surface area contributed by atoms with E-state index in [9.17, 15) is 9.90 Å². The third-order valence-corrected chi connectivity index (χ3v) is 6.54. The molecule has 1 aromatic heterocycles. The highest BCUT2D eigenvalue weighted by Crippen LogP contribution is 2.34. The van der Waals surface area contributed by atoms with Gasteiger partial charge in [0.05, 0.1) is 12.4 Å². The molecule has 3 heterocycles. The van der Waals surface area contributed by atoms with Gasteiger partial charge in [0.2, 0.25) is 0 Å². The summed E-state index contributed by atoms with van der Waals surface area (Å²) in [6, 6.07) is 9.80. The van der Waals surface area contributed by atoms with Gasteiger partial charge in [-0.05, 0) is 42.7 Å². The third-order valence-electron chi connectivity index (χ3n) is 5.42. The molecule has 146 valence electrons. The quantitative estimate of drug-likeness (QED) is 0.841. The fourth-order valence-corrected chi connectivity index (χ4v) is 4.81. The van der Waals surface area contributed by atoms with Crippen LogP contribution in [-0.2, 0) is 6.42 Å². The number of aliphatic hydroxyl groups excluding tert-OH is 1. The molecule has 0 bridgehead atoms. The number of rotatable bonds is 4. The predicted molar refractivity (Wildman–Crippen MR) is 109 cm³/mol. The topological polar surface area (TPSA) is 56.9 Å². The molecule has 0 saturated carbocycles. The molecule has 7 heteroatoms. The van der Waals surface area contributed by atoms with Gasteiger partial charge in [-0.2, -0.15) is 0 Å². The highest BCUT2D eigenvalue weighted by atomic mass is 35.5. The number of aliphatic hydroxyl groups is 1. The standard InChI is InChI=1S/C20H24N2O3S.ClH/c1-14(19(23)16-4-5-18-15(13-16)6-12-26-18)21-7-9-22(10-8-21)20(24)17-3-2-11-25-17;/h2-5,11,13-14,19,23H,6-10,12H2,1H3;1H. The van der Waals surface area contributed by atoms with Crippen LogP contribution in [0.2, 0.25) is 0 Å². The van der Waals surface area contributed by atoms with Crippen LogP contribution in [0.5, 0.6) is 0 Å². The van der Waals surface area contributed by atoms with Crippen molar-refractivity contribution in [3.05, 3.63) is 53.5 Å². The number of carbonyl (C=O) groups is 1. The smallest absolute Gasteiger partial charge is 0.289 e. The number of aryl methyl sites for hydroxylation is 1. The Morgan fingerprint density at radius 3 is 2.70 bits per heavy atom. The van der Waals surface area contributed by atoms with Crippen LogP contribution < -0.4 is 0 Å². The zero-order chi connectivity index (χ0) is 18.1. The summed E-state index contributed by atoms with van der Waals surface area (Å²) < 4.78 is 5.21. The van der Waals surface area contributed by atoms with Gasteiger partial charge in [-0.25, -0.2) is 0 Å². The zero-order valence-corrected chi connectivity index (χ0v) is 17.0. The van der Waals surface area contributed by atoms with Crippen molar-refractivity contribution in [1.82, 2.24) is 9.80 Å². The van der Waals surface area contributed by atoms with Gasteiger partial charge in [-0.3, -0.25) is 9.69 Å². The van der Waals surface area contributed by atoms with E-state index < -0.39 is 6.10 Å². The largest absolute Gasteiger partial charge is 0.459 e. The van der Waals surface area contributed by atoms with E-state index in [1.54, 1.807) is 12.1 Å². The monoisotopic (exact) mass is 408 g/mol. The van der Waals surface area contributed by atoms with Crippen molar-refractivity contribution in [3.63, 3.8) is 0 Å². The normalized spacial score (nSPS) is 19.3. The number of nitrogens with zero attached hydrogens (tertiary/aromatic N) is 2. The first kappa shape index (κ1) is 20.3. The summed E-state index contributed by atoms with van der Waals surface area (Å²) in [6.45, 7) is 4.88. The van der Waals surface area contributed by atoms with E-state index in [-0.39, 0.29) is 24.4 Å². The third kappa shape index (κ3) is 4.19. The van der Waals surface area contributed by atoms with Gasteiger partial charge in [0.15, 0.2) is 5.76 Å². The number of piperazine rings is 1. The molecule has 1 saturated heterocycles. The molecule has 1 N–H and O–H groups in total. The van der Waals surface area contributed by atoms with Crippen LogP contribution in [0.3, 0.4) is 0 Å². The van der Waals surface area contributed by atoms with Gasteiger partial charge in [0.25, 0.3) is 5.91 Å². The Kier molecular flexibility index (Phi) is 6.52. The molecule has 0 radical (unpaired) electrons. The summed E-state index contributed by atoms with van der Waals surface area (Å²) in [5.74, 6) is 1.47. The zero-order valence-electron chi connectivity index (χ0n) is 15.3. The second-order valence-electron chi connectivity index (χ2n) is 6.96. The van der Waals surface area contributed by atoms with Crippen molar-refractivity contribution in [3.8, 4) is 0 Å². The Hall–Kier alpha value is -1.47. The maximum atomic E-state index is 12.4. The number of halogens is 1. The van der Waals surface area contributed by atoms with Crippen molar-refractivity contribution in [2.45, 2.75) is 30.4 Å². The number of hydrogen-bond acceptors (Lipinski definition) is 5. The van der Waals surface area contributed by atoms with Gasteiger partial charge in [0, 0.05) is 42.9 Å². The summed E-state index contributed by atoms with van der Waals surface area (Å²) in [5.41, 5.74) is 2.35. The van der Waals surface area contributed by atoms with Crippen LogP contribution in [0.1, 0.15) is 34.7 Å². The minimum atomic E-state index is -0.516. The lowest BCUT2D eigenvalue weighted by Gasteiger charge is -2.39. The van der Waals surface area contributed by atoms with Crippen LogP contribution in [0.15, 0.2) is 45.9 Å². The molecule has 27 heavy (non-hydrogen) atoms. The van der Waals surface area contributed by atoms with Crippen molar-refractivity contribution in [2.75, 3.05) is 31.9 Å². The molecule has 2 atom stereocenters. The molecule has 4 rings (SSSR count). The second-order valence-corrected chi connectivity index (χ2v) is 8.09. The van der Waals surface area contributed by atoms with E-state index in [1.807, 2.05) is 16.7 Å². The van der Waals surface area contributed by atoms with Crippen LogP contribution in [0, 0.1) is 0 Å². The molecule has 0 spiro atoms. The average Bonchev–Trinajstić information content (AvgIpc) is 3.37. The number of thioether (sulfide) groups is 1. The van der Waals surface area contributed by atoms with Crippen molar-refractivity contribution in [2.24, 2.45) is 0 Å². The number of amides is 1. The Balaban J connectivity index is 0.00000210. The number of carbonyl (C=O) groups excluding carboxylic acids is 1. The summed E-state index contributed by atoms with van der Waals surface area (Å²) in [6.07, 6.45) is 2.10. The second kappa shape index (κ2) is 8.69. The lowest BCUT2D eigenvalue weighted by molar-refractivity contribution is 0.0233. The van der Waals surface area contributed by atoms with Crippen LogP contribution >= 0.6 is 24.2 Å². The van der Waals surface area contributed by atoms with Crippen LogP contribution in [0.4, 0.5) is 0 Å². The van der Waals surface area contributed by atoms with Gasteiger partial charge in [-0.1, -0.05) is 12.1 Å². The summed E-state index contributed by atoms with van der Waals surface area (Å²) in [7, 11) is 0. The first-order chi connectivity index (χ1) is 12.6. The van der Waals surface area contributed by atoms with E-state index in [0.29, 0.717) is 18.8 Å². The highest BCUT2D eigenvalue weighted by molar-refractivity contribution is 7.99. The Morgan fingerprint density at radius 2 is 2.00 bits per heavy atom. The van der Waals surface area contributed by atoms with E-state index in [2.05, 4.69) is 30.0 Å². The van der Waals surface area contributed by atoms with Crippen molar-refractivity contribution in [1.29, 1.82) is 0 Å². The molecule has 2 unspecified atom stereocenters. The Labute approximate surface area is 170 Å². The van der Waals surface area contributed by atoms with Crippen LogP contribution in [-0.4, -0.2) is 58.8 Å². The first-order valence-electron chi connectivity index (χ1n) is 9.14. The summed E-state index contributed by atoms with van der Waals surface area (Å²) in [4.78, 5) is 17.8. The molecular formula is C20H25ClN2O3S. The Bertz CT molecular complexity index is 776. The Morgan fingerprint density at radius 1 is 1.22 bits per heavy atom. The first-order valence-corrected chi connectivity index (χ1v) is 10.1. The average molecular weight is 409 g/mol. The minimum absolute atomic E-state index is 0. The minimum Gasteiger partial charge on any atom is -0.459 e. The number of hydrogen-bond donors (Lipinski definition) is 1. The van der Waals surface area contributed by atoms with Gasteiger partial charge < -0.3 is 14.4 Å². The highest BCUT2D eigenvalue weighted by Gasteiger charge is 2.29. The molecule has 0 aliphatic carbocycles. The van der Waals surface area contributed by atoms with Crippen molar-refractivity contribution >= 4 is 30.1 Å². The maximum Gasteiger partial charge on any atom is 0.289 e. The van der Waals surface area contributed by atoms with E-state index >= 15 is 0 Å². The van der Waals surface area contributed by atoms with E-state index in [1.165, 1.54) is 16.7 Å². The molecular weight excluding hydrogens is 384 g/mol. The van der Waals surface area contributed by atoms with Crippen molar-refractivity contribution < 1.29 is 14.3 Å². The lowest BCUT2D eigenvalue weighted by Crippen LogP contribution is -2.52. The van der Waals surface area contributed by atoms with Gasteiger partial charge in [-0.15, -0.1) is 24.2 Å². The molecule has 1 aromatic carbocycles. The fraction of sp³-hybridized carbons (Fsp3) is 0.450. The molecule has 2 aliphatic rings. The number of furan rings is 1. The molecule has 1 amide bonds. The predicted octanol–water partition coefficient (Wildman–Crippen LogP) is 3.23. The molecule has 2 aromatic rings. The summed E-state index contributed by atoms with van der Waals surface area (Å²) in [5, 5.41) is 10.9. The van der Waals surface area contributed by atoms with Crippen LogP contribution in [0.25, 0.3) is 0 Å². The maximum absolute atomic E-state index is 12.4. The number of fused-ring (bicyclic) bond motifs is 1. The van der Waals surface area contributed by atoms with Gasteiger partial charge >= 0.3 is 0 Å². The van der Waals surface area contributed by atoms with Gasteiger partial charge in [0.1, 0.15) is 0 Å². The van der Waals surface area contributed by atoms with E-state index in [4.69, 9.17) is 4.42 Å². The SMILES string of the molecule is CC(C(O)c1ccc2c(c1)CCS2)N1CCN(C(=O)c2ccco2)CC1.Cl. The lowest BCUT2D eigenvalue weighted by atomic mass is 9.99. The molecule has 5 nitrogen and oxygen atoms in total. The molecule has 1 fully saturated rings. The number of benzene rings is 1. The molecule has 2 aliphatic heterocycles.